The molecule has 0 amide bonds. The summed E-state index contributed by atoms with van der Waals surface area (Å²) in [5.41, 5.74) is 8.20. The topological polar surface area (TPSA) is 47.3 Å². The van der Waals surface area contributed by atoms with Crippen LogP contribution in [-0.2, 0) is 6.54 Å². The molecule has 0 radical (unpaired) electrons. The van der Waals surface area contributed by atoms with Crippen molar-refractivity contribution in [2.24, 2.45) is 5.73 Å². The van der Waals surface area contributed by atoms with Crippen LogP contribution in [0, 0.1) is 0 Å². The first kappa shape index (κ1) is 15.0. The van der Waals surface area contributed by atoms with Gasteiger partial charge < -0.3 is 15.8 Å². The number of benzene rings is 1. The molecule has 0 saturated carbocycles. The molecule has 0 spiro atoms. The molecule has 1 aromatic carbocycles. The second-order valence-corrected chi connectivity index (χ2v) is 5.67. The van der Waals surface area contributed by atoms with Crippen LogP contribution in [0.15, 0.2) is 18.2 Å². The van der Waals surface area contributed by atoms with E-state index in [-0.39, 0.29) is 5.54 Å². The fraction of sp³-hybridized carbons (Fsp3) is 0.600. The maximum Gasteiger partial charge on any atom is 0.122 e. The van der Waals surface area contributed by atoms with Crippen LogP contribution in [0.5, 0.6) is 5.75 Å². The molecule has 0 heterocycles. The molecular weight excluding hydrogens is 224 g/mol. The van der Waals surface area contributed by atoms with Crippen molar-refractivity contribution in [3.8, 4) is 5.75 Å². The normalized spacial score (nSPS) is 11.9. The van der Waals surface area contributed by atoms with Gasteiger partial charge in [0.1, 0.15) is 5.75 Å². The van der Waals surface area contributed by atoms with E-state index in [1.54, 1.807) is 7.11 Å². The Balaban J connectivity index is 2.82. The monoisotopic (exact) mass is 250 g/mol. The average molecular weight is 250 g/mol. The summed E-state index contributed by atoms with van der Waals surface area (Å²) >= 11 is 0. The third-order valence-electron chi connectivity index (χ3n) is 3.20. The summed E-state index contributed by atoms with van der Waals surface area (Å²) in [4.78, 5) is 0. The van der Waals surface area contributed by atoms with Gasteiger partial charge in [0, 0.05) is 18.6 Å². The van der Waals surface area contributed by atoms with Gasteiger partial charge >= 0.3 is 0 Å². The molecule has 3 nitrogen and oxygen atoms in total. The quantitative estimate of drug-likeness (QED) is 0.816. The van der Waals surface area contributed by atoms with Crippen LogP contribution in [0.4, 0.5) is 0 Å². The van der Waals surface area contributed by atoms with E-state index in [0.29, 0.717) is 12.5 Å². The first-order valence-corrected chi connectivity index (χ1v) is 6.51. The first-order valence-electron chi connectivity index (χ1n) is 6.51. The van der Waals surface area contributed by atoms with E-state index < -0.39 is 0 Å². The van der Waals surface area contributed by atoms with Gasteiger partial charge in [-0.2, -0.15) is 0 Å². The average Bonchev–Trinajstić information content (AvgIpc) is 2.36. The predicted octanol–water partition coefficient (Wildman–Crippen LogP) is 2.65. The van der Waals surface area contributed by atoms with Crippen LogP contribution in [0.25, 0.3) is 0 Å². The zero-order valence-corrected chi connectivity index (χ0v) is 12.2. The summed E-state index contributed by atoms with van der Waals surface area (Å²) in [5.74, 6) is 1.43. The molecule has 0 unspecified atom stereocenters. The molecule has 102 valence electrons. The predicted molar refractivity (Wildman–Crippen MR) is 77.1 cm³/mol. The van der Waals surface area contributed by atoms with Gasteiger partial charge in [-0.25, -0.2) is 0 Å². The Morgan fingerprint density at radius 1 is 1.33 bits per heavy atom. The van der Waals surface area contributed by atoms with Gasteiger partial charge in [0.2, 0.25) is 0 Å². The molecular formula is C15H26N2O. The minimum atomic E-state index is -0.0298. The number of nitrogens with two attached hydrogens (primary N) is 1. The van der Waals surface area contributed by atoms with Crippen molar-refractivity contribution in [3.05, 3.63) is 29.3 Å². The molecule has 0 aromatic heterocycles. The van der Waals surface area contributed by atoms with E-state index in [1.807, 2.05) is 6.07 Å². The van der Waals surface area contributed by atoms with Crippen LogP contribution in [-0.4, -0.2) is 19.2 Å². The SMILES string of the molecule is COc1ccc(CNC(C)(C)CN)cc1C(C)C. The van der Waals surface area contributed by atoms with Crippen molar-refractivity contribution in [2.45, 2.75) is 45.7 Å². The van der Waals surface area contributed by atoms with Gasteiger partial charge in [0.25, 0.3) is 0 Å². The zero-order valence-electron chi connectivity index (χ0n) is 12.2. The Morgan fingerprint density at radius 3 is 2.50 bits per heavy atom. The van der Waals surface area contributed by atoms with Gasteiger partial charge in [-0.05, 0) is 37.0 Å². The Morgan fingerprint density at radius 2 is 2.00 bits per heavy atom. The van der Waals surface area contributed by atoms with E-state index in [2.05, 4.69) is 45.1 Å². The largest absolute Gasteiger partial charge is 0.496 e. The minimum Gasteiger partial charge on any atom is -0.496 e. The number of methoxy groups -OCH3 is 1. The van der Waals surface area contributed by atoms with E-state index in [0.717, 1.165) is 12.3 Å². The molecule has 0 aliphatic carbocycles. The van der Waals surface area contributed by atoms with Crippen LogP contribution < -0.4 is 15.8 Å². The summed E-state index contributed by atoms with van der Waals surface area (Å²) in [5, 5.41) is 3.46. The third-order valence-corrected chi connectivity index (χ3v) is 3.20. The van der Waals surface area contributed by atoms with Gasteiger partial charge in [0.15, 0.2) is 0 Å². The lowest BCUT2D eigenvalue weighted by Crippen LogP contribution is -2.45. The summed E-state index contributed by atoms with van der Waals surface area (Å²) in [6, 6.07) is 6.36. The molecule has 18 heavy (non-hydrogen) atoms. The lowest BCUT2D eigenvalue weighted by molar-refractivity contribution is 0.394. The maximum atomic E-state index is 5.71. The standard InChI is InChI=1S/C15H26N2O/c1-11(2)13-8-12(6-7-14(13)18-5)9-17-15(3,4)10-16/h6-8,11,17H,9-10,16H2,1-5H3. The number of ether oxygens (including phenoxy) is 1. The van der Waals surface area contributed by atoms with E-state index in [4.69, 9.17) is 10.5 Å². The molecule has 3 N–H and O–H groups in total. The summed E-state index contributed by atoms with van der Waals surface area (Å²) in [6.45, 7) is 10.0. The highest BCUT2D eigenvalue weighted by molar-refractivity contribution is 5.39. The summed E-state index contributed by atoms with van der Waals surface area (Å²) in [6.07, 6.45) is 0. The lowest BCUT2D eigenvalue weighted by Gasteiger charge is -2.24. The van der Waals surface area contributed by atoms with Gasteiger partial charge in [-0.15, -0.1) is 0 Å². The van der Waals surface area contributed by atoms with E-state index in [1.165, 1.54) is 11.1 Å². The molecule has 0 aliphatic heterocycles. The van der Waals surface area contributed by atoms with Gasteiger partial charge in [-0.3, -0.25) is 0 Å². The van der Waals surface area contributed by atoms with Crippen molar-refractivity contribution in [2.75, 3.05) is 13.7 Å². The second kappa shape index (κ2) is 6.21. The van der Waals surface area contributed by atoms with Crippen molar-refractivity contribution < 1.29 is 4.74 Å². The summed E-state index contributed by atoms with van der Waals surface area (Å²) < 4.78 is 5.39. The fourth-order valence-corrected chi connectivity index (χ4v) is 1.76. The Labute approximate surface area is 111 Å². The maximum absolute atomic E-state index is 5.71. The highest BCUT2D eigenvalue weighted by Crippen LogP contribution is 2.27. The van der Waals surface area contributed by atoms with Gasteiger partial charge in [-0.1, -0.05) is 26.0 Å². The Kier molecular flexibility index (Phi) is 5.17. The molecule has 1 rings (SSSR count). The zero-order chi connectivity index (χ0) is 13.8. The Bertz CT molecular complexity index is 386. The third kappa shape index (κ3) is 4.00. The highest BCUT2D eigenvalue weighted by atomic mass is 16.5. The van der Waals surface area contributed by atoms with Crippen molar-refractivity contribution in [1.82, 2.24) is 5.32 Å². The molecule has 0 fully saturated rings. The molecule has 0 atom stereocenters. The molecule has 0 aliphatic rings. The molecule has 3 heteroatoms. The van der Waals surface area contributed by atoms with E-state index >= 15 is 0 Å². The van der Waals surface area contributed by atoms with Crippen LogP contribution >= 0.6 is 0 Å². The lowest BCUT2D eigenvalue weighted by atomic mass is 9.99. The molecule has 1 aromatic rings. The smallest absolute Gasteiger partial charge is 0.122 e. The van der Waals surface area contributed by atoms with Crippen LogP contribution in [0.3, 0.4) is 0 Å². The highest BCUT2D eigenvalue weighted by Gasteiger charge is 2.14. The van der Waals surface area contributed by atoms with Crippen LogP contribution in [0.1, 0.15) is 44.7 Å². The van der Waals surface area contributed by atoms with Crippen LogP contribution in [0.2, 0.25) is 0 Å². The second-order valence-electron chi connectivity index (χ2n) is 5.67. The van der Waals surface area contributed by atoms with E-state index in [9.17, 15) is 0 Å². The fourth-order valence-electron chi connectivity index (χ4n) is 1.76. The Hall–Kier alpha value is -1.06. The first-order chi connectivity index (χ1) is 8.39. The number of rotatable bonds is 6. The molecule has 0 bridgehead atoms. The van der Waals surface area contributed by atoms with Gasteiger partial charge in [0.05, 0.1) is 7.11 Å². The number of hydrogen-bond donors (Lipinski definition) is 2. The van der Waals surface area contributed by atoms with Crippen molar-refractivity contribution >= 4 is 0 Å². The van der Waals surface area contributed by atoms with Crippen molar-refractivity contribution in [1.29, 1.82) is 0 Å². The number of hydrogen-bond acceptors (Lipinski definition) is 3. The van der Waals surface area contributed by atoms with Crippen molar-refractivity contribution in [3.63, 3.8) is 0 Å². The molecule has 0 saturated heterocycles. The number of nitrogens with one attached hydrogen (secondary N) is 1. The minimum absolute atomic E-state index is 0.0298. The summed E-state index contributed by atoms with van der Waals surface area (Å²) in [7, 11) is 1.72.